The van der Waals surface area contributed by atoms with Crippen molar-refractivity contribution >= 4 is 40.3 Å². The second kappa shape index (κ2) is 16.5. The van der Waals surface area contributed by atoms with Crippen LogP contribution in [0.5, 0.6) is 5.75 Å². The van der Waals surface area contributed by atoms with E-state index in [1.807, 2.05) is 30.3 Å². The maximum atomic E-state index is 11.2. The highest BCUT2D eigenvalue weighted by Crippen LogP contribution is 2.28. The zero-order valence-electron chi connectivity index (χ0n) is 25.7. The number of nitrogens with zero attached hydrogens (tertiary/aromatic N) is 6. The van der Waals surface area contributed by atoms with Gasteiger partial charge in [0.15, 0.2) is 5.52 Å². The van der Waals surface area contributed by atoms with Crippen LogP contribution in [0.25, 0.3) is 11.0 Å². The van der Waals surface area contributed by atoms with Crippen molar-refractivity contribution in [1.82, 2.24) is 25.3 Å². The molecule has 0 saturated carbocycles. The topological polar surface area (TPSA) is 178 Å². The molecular weight excluding hydrogens is 588 g/mol. The van der Waals surface area contributed by atoms with Crippen molar-refractivity contribution in [2.24, 2.45) is 0 Å². The molecule has 5 rings (SSSR count). The van der Waals surface area contributed by atoms with Gasteiger partial charge in [-0.05, 0) is 65.3 Å². The molecule has 46 heavy (non-hydrogen) atoms. The number of unbranched alkanes of at least 4 members (excludes halogenated alkanes) is 3. The molecule has 0 fully saturated rings. The van der Waals surface area contributed by atoms with Gasteiger partial charge in [-0.1, -0.05) is 55.3 Å². The lowest BCUT2D eigenvalue weighted by atomic mass is 10.1. The number of hydrogen-bond donors (Lipinski definition) is 4. The van der Waals surface area contributed by atoms with Gasteiger partial charge in [0.1, 0.15) is 5.75 Å². The molecule has 0 radical (unpaired) electrons. The van der Waals surface area contributed by atoms with Crippen LogP contribution in [0, 0.1) is 10.1 Å². The summed E-state index contributed by atoms with van der Waals surface area (Å²) in [4.78, 5) is 24.5. The second-order valence-corrected chi connectivity index (χ2v) is 10.6. The Hall–Kier alpha value is -5.53. The standard InChI is InChI=1S/C32H38N10O4/c1-45-25-13-11-24(12-14-25)18-22-36-32-38-30(37-31(39-32)35-21-17-23-9-5-4-6-10-23)34-20-8-3-2-7-19-33-26-15-16-27(42(43)44)29-28(26)40-46-41-29/h4-6,9-16,33H,2-3,7-8,17-22H2,1H3,(H3,34,35,36,37,38,39). The third-order valence-electron chi connectivity index (χ3n) is 7.32. The molecule has 0 atom stereocenters. The molecule has 5 aromatic rings. The molecule has 0 aliphatic rings. The lowest BCUT2D eigenvalue weighted by Crippen LogP contribution is -2.15. The lowest BCUT2D eigenvalue weighted by Gasteiger charge is -2.12. The highest BCUT2D eigenvalue weighted by Gasteiger charge is 2.19. The molecule has 2 heterocycles. The van der Waals surface area contributed by atoms with Crippen molar-refractivity contribution in [2.75, 3.05) is 54.6 Å². The van der Waals surface area contributed by atoms with E-state index in [0.29, 0.717) is 48.7 Å². The Morgan fingerprint density at radius 3 is 1.85 bits per heavy atom. The molecule has 0 bridgehead atoms. The highest BCUT2D eigenvalue weighted by atomic mass is 16.6. The summed E-state index contributed by atoms with van der Waals surface area (Å²) in [5.41, 5.74) is 3.47. The van der Waals surface area contributed by atoms with E-state index in [9.17, 15) is 10.1 Å². The number of methoxy groups -OCH3 is 1. The maximum Gasteiger partial charge on any atom is 0.300 e. The van der Waals surface area contributed by atoms with E-state index in [1.165, 1.54) is 17.2 Å². The number of hydrogen-bond acceptors (Lipinski definition) is 13. The third kappa shape index (κ3) is 9.24. The van der Waals surface area contributed by atoms with Gasteiger partial charge in [0.05, 0.1) is 17.7 Å². The predicted molar refractivity (Wildman–Crippen MR) is 178 cm³/mol. The van der Waals surface area contributed by atoms with Crippen LogP contribution in [-0.4, -0.2) is 63.5 Å². The van der Waals surface area contributed by atoms with Crippen LogP contribution < -0.4 is 26.0 Å². The number of ether oxygens (including phenoxy) is 1. The van der Waals surface area contributed by atoms with E-state index in [0.717, 1.165) is 50.8 Å². The molecule has 3 aromatic carbocycles. The molecule has 2 aromatic heterocycles. The van der Waals surface area contributed by atoms with Gasteiger partial charge in [-0.15, -0.1) is 0 Å². The molecule has 4 N–H and O–H groups in total. The predicted octanol–water partition coefficient (Wildman–Crippen LogP) is 5.72. The van der Waals surface area contributed by atoms with Crippen molar-refractivity contribution in [3.05, 3.63) is 88.0 Å². The van der Waals surface area contributed by atoms with Crippen molar-refractivity contribution < 1.29 is 14.3 Å². The van der Waals surface area contributed by atoms with E-state index in [4.69, 9.17) is 9.37 Å². The molecule has 0 saturated heterocycles. The van der Waals surface area contributed by atoms with Crippen LogP contribution in [0.3, 0.4) is 0 Å². The Morgan fingerprint density at radius 1 is 0.674 bits per heavy atom. The smallest absolute Gasteiger partial charge is 0.300 e. The molecule has 0 unspecified atom stereocenters. The van der Waals surface area contributed by atoms with Gasteiger partial charge >= 0.3 is 5.69 Å². The first kappa shape index (κ1) is 31.9. The van der Waals surface area contributed by atoms with Crippen LogP contribution in [0.2, 0.25) is 0 Å². The van der Waals surface area contributed by atoms with Crippen LogP contribution in [0.1, 0.15) is 36.8 Å². The molecule has 14 nitrogen and oxygen atoms in total. The second-order valence-electron chi connectivity index (χ2n) is 10.6. The highest BCUT2D eigenvalue weighted by molar-refractivity contribution is 5.93. The minimum atomic E-state index is -0.494. The fourth-order valence-corrected chi connectivity index (χ4v) is 4.86. The fourth-order valence-electron chi connectivity index (χ4n) is 4.86. The number of benzene rings is 3. The number of nitro groups is 1. The van der Waals surface area contributed by atoms with E-state index in [1.54, 1.807) is 13.2 Å². The van der Waals surface area contributed by atoms with E-state index < -0.39 is 4.92 Å². The van der Waals surface area contributed by atoms with E-state index >= 15 is 0 Å². The quantitative estimate of drug-likeness (QED) is 0.0497. The normalized spacial score (nSPS) is 10.9. The fraction of sp³-hybridized carbons (Fsp3) is 0.344. The average molecular weight is 627 g/mol. The summed E-state index contributed by atoms with van der Waals surface area (Å²) < 4.78 is 9.97. The number of non-ortho nitro benzene ring substituents is 1. The Labute approximate surface area is 266 Å². The number of aromatic nitrogens is 5. The Balaban J connectivity index is 1.07. The summed E-state index contributed by atoms with van der Waals surface area (Å²) in [6.07, 6.45) is 5.55. The number of nitrogens with one attached hydrogen (secondary N) is 4. The number of fused-ring (bicyclic) bond motifs is 1. The Kier molecular flexibility index (Phi) is 11.4. The monoisotopic (exact) mass is 626 g/mol. The van der Waals surface area contributed by atoms with Crippen LogP contribution in [0.4, 0.5) is 29.2 Å². The number of rotatable bonds is 19. The minimum Gasteiger partial charge on any atom is -0.497 e. The lowest BCUT2D eigenvalue weighted by molar-refractivity contribution is -0.383. The maximum absolute atomic E-state index is 11.2. The third-order valence-corrected chi connectivity index (χ3v) is 7.32. The van der Waals surface area contributed by atoms with Gasteiger partial charge in [0, 0.05) is 32.2 Å². The molecular formula is C32H38N10O4. The van der Waals surface area contributed by atoms with Crippen LogP contribution >= 0.6 is 0 Å². The van der Waals surface area contributed by atoms with Gasteiger partial charge < -0.3 is 26.0 Å². The summed E-state index contributed by atoms with van der Waals surface area (Å²) >= 11 is 0. The number of anilines is 4. The van der Waals surface area contributed by atoms with E-state index in [-0.39, 0.29) is 11.2 Å². The first-order chi connectivity index (χ1) is 22.6. The SMILES string of the molecule is COc1ccc(CCNc2nc(NCCCCCCNc3ccc([N+](=O)[O-])c4nonc34)nc(NCCc3ccccc3)n2)cc1. The molecule has 14 heteroatoms. The number of nitro benzene ring substituents is 1. The van der Waals surface area contributed by atoms with Crippen molar-refractivity contribution in [2.45, 2.75) is 38.5 Å². The first-order valence-corrected chi connectivity index (χ1v) is 15.4. The van der Waals surface area contributed by atoms with Gasteiger partial charge in [-0.3, -0.25) is 10.1 Å². The molecule has 0 aliphatic carbocycles. The summed E-state index contributed by atoms with van der Waals surface area (Å²) in [6.45, 7) is 2.79. The zero-order valence-corrected chi connectivity index (χ0v) is 25.7. The molecule has 0 amide bonds. The van der Waals surface area contributed by atoms with Gasteiger partial charge in [-0.25, -0.2) is 4.63 Å². The van der Waals surface area contributed by atoms with Crippen molar-refractivity contribution in [3.63, 3.8) is 0 Å². The summed E-state index contributed by atoms with van der Waals surface area (Å²) in [7, 11) is 1.66. The zero-order chi connectivity index (χ0) is 32.0. The minimum absolute atomic E-state index is 0.126. The van der Waals surface area contributed by atoms with Crippen molar-refractivity contribution in [1.29, 1.82) is 0 Å². The van der Waals surface area contributed by atoms with E-state index in [2.05, 4.69) is 70.8 Å². The largest absolute Gasteiger partial charge is 0.497 e. The molecule has 0 spiro atoms. The molecule has 240 valence electrons. The summed E-state index contributed by atoms with van der Waals surface area (Å²) in [6, 6.07) is 21.4. The first-order valence-electron chi connectivity index (χ1n) is 15.4. The Morgan fingerprint density at radius 2 is 1.24 bits per heavy atom. The van der Waals surface area contributed by atoms with Gasteiger partial charge in [0.2, 0.25) is 23.4 Å². The summed E-state index contributed by atoms with van der Waals surface area (Å²) in [5, 5.41) is 32.0. The van der Waals surface area contributed by atoms with Crippen LogP contribution in [-0.2, 0) is 12.8 Å². The van der Waals surface area contributed by atoms with Crippen molar-refractivity contribution in [3.8, 4) is 5.75 Å². The average Bonchev–Trinajstić information content (AvgIpc) is 3.57. The van der Waals surface area contributed by atoms with Gasteiger partial charge in [0.25, 0.3) is 0 Å². The van der Waals surface area contributed by atoms with Gasteiger partial charge in [-0.2, -0.15) is 15.0 Å². The van der Waals surface area contributed by atoms with Crippen LogP contribution in [0.15, 0.2) is 71.4 Å². The Bertz CT molecular complexity index is 1680. The summed E-state index contributed by atoms with van der Waals surface area (Å²) in [5.74, 6) is 2.40. The molecule has 0 aliphatic heterocycles.